The third-order valence-electron chi connectivity index (χ3n) is 3.79. The van der Waals surface area contributed by atoms with E-state index >= 15 is 0 Å². The molecule has 0 radical (unpaired) electrons. The Hall–Kier alpha value is -3.14. The predicted molar refractivity (Wildman–Crippen MR) is 95.2 cm³/mol. The molecule has 1 heterocycles. The van der Waals surface area contributed by atoms with Crippen molar-refractivity contribution >= 4 is 17.4 Å². The molecule has 0 fully saturated rings. The second-order valence-electron chi connectivity index (χ2n) is 5.90. The minimum absolute atomic E-state index is 0.0428. The number of imidazole rings is 1. The normalized spacial score (nSPS) is 10.5. The number of anilines is 1. The highest BCUT2D eigenvalue weighted by Gasteiger charge is 2.21. The van der Waals surface area contributed by atoms with Gasteiger partial charge in [-0.1, -0.05) is 12.0 Å². The number of carbonyl (C=O) groups excluding carboxylic acids is 1. The molecule has 1 aromatic carbocycles. The molecule has 0 aliphatic carbocycles. The van der Waals surface area contributed by atoms with Crippen LogP contribution in [0.2, 0.25) is 0 Å². The minimum Gasteiger partial charge on any atom is -0.358 e. The third kappa shape index (κ3) is 4.23. The number of hydrogen-bond donors (Lipinski definition) is 0. The van der Waals surface area contributed by atoms with Crippen LogP contribution in [0.1, 0.15) is 31.7 Å². The van der Waals surface area contributed by atoms with Gasteiger partial charge in [0.2, 0.25) is 11.7 Å². The molecule has 0 aliphatic rings. The molecule has 0 atom stereocenters. The van der Waals surface area contributed by atoms with Crippen LogP contribution >= 0.6 is 0 Å². The van der Waals surface area contributed by atoms with Crippen LogP contribution in [0.3, 0.4) is 0 Å². The predicted octanol–water partition coefficient (Wildman–Crippen LogP) is 2.91. The van der Waals surface area contributed by atoms with Gasteiger partial charge in [0, 0.05) is 37.2 Å². The fourth-order valence-electron chi connectivity index (χ4n) is 2.62. The van der Waals surface area contributed by atoms with Crippen molar-refractivity contribution in [2.24, 2.45) is 0 Å². The van der Waals surface area contributed by atoms with Crippen molar-refractivity contribution in [3.8, 4) is 12.3 Å². The number of rotatable bonds is 6. The summed E-state index contributed by atoms with van der Waals surface area (Å²) in [4.78, 5) is 28.5. The number of nitrogens with zero attached hydrogens (tertiary/aromatic N) is 4. The van der Waals surface area contributed by atoms with Crippen molar-refractivity contribution in [3.63, 3.8) is 0 Å². The minimum atomic E-state index is -0.545. The first-order valence-corrected chi connectivity index (χ1v) is 7.90. The smallest absolute Gasteiger partial charge is 0.358 e. The standard InChI is InChI=1S/C18H20N4O3/c1-5-15-7-6-8-16(11-15)21(13(2)3)18(23)9-10-20-12-17(22(24)25)19-14(20)4/h1,6-8,11-13H,9-10H2,2-4H3. The molecule has 7 heteroatoms. The summed E-state index contributed by atoms with van der Waals surface area (Å²) in [6.07, 6.45) is 6.98. The first-order valence-electron chi connectivity index (χ1n) is 7.90. The third-order valence-corrected chi connectivity index (χ3v) is 3.79. The summed E-state index contributed by atoms with van der Waals surface area (Å²) >= 11 is 0. The maximum absolute atomic E-state index is 12.7. The summed E-state index contributed by atoms with van der Waals surface area (Å²) in [6.45, 7) is 5.85. The van der Waals surface area contributed by atoms with Crippen molar-refractivity contribution in [3.05, 3.63) is 52.0 Å². The zero-order chi connectivity index (χ0) is 18.6. The van der Waals surface area contributed by atoms with Crippen LogP contribution in [0, 0.1) is 29.4 Å². The van der Waals surface area contributed by atoms with Crippen molar-refractivity contribution in [2.45, 2.75) is 39.8 Å². The highest BCUT2D eigenvalue weighted by molar-refractivity contribution is 5.94. The highest BCUT2D eigenvalue weighted by Crippen LogP contribution is 2.20. The van der Waals surface area contributed by atoms with Crippen molar-refractivity contribution in [1.82, 2.24) is 9.55 Å². The lowest BCUT2D eigenvalue weighted by Crippen LogP contribution is -2.37. The number of carbonyl (C=O) groups is 1. The topological polar surface area (TPSA) is 81.3 Å². The molecule has 0 saturated heterocycles. The van der Waals surface area contributed by atoms with Crippen molar-refractivity contribution in [1.29, 1.82) is 0 Å². The fraction of sp³-hybridized carbons (Fsp3) is 0.333. The first-order chi connectivity index (χ1) is 11.8. The van der Waals surface area contributed by atoms with Gasteiger partial charge in [0.1, 0.15) is 6.20 Å². The largest absolute Gasteiger partial charge is 0.381 e. The van der Waals surface area contributed by atoms with E-state index in [2.05, 4.69) is 10.9 Å². The molecule has 2 aromatic rings. The van der Waals surface area contributed by atoms with Gasteiger partial charge >= 0.3 is 5.82 Å². The van der Waals surface area contributed by atoms with Gasteiger partial charge in [-0.25, -0.2) is 0 Å². The highest BCUT2D eigenvalue weighted by atomic mass is 16.6. The molecule has 1 amide bonds. The van der Waals surface area contributed by atoms with Gasteiger partial charge in [-0.3, -0.25) is 4.79 Å². The van der Waals surface area contributed by atoms with Crippen LogP contribution in [0.4, 0.5) is 11.5 Å². The molecule has 25 heavy (non-hydrogen) atoms. The van der Waals surface area contributed by atoms with Crippen LogP contribution in [-0.2, 0) is 11.3 Å². The van der Waals surface area contributed by atoms with Crippen molar-refractivity contribution < 1.29 is 9.72 Å². The van der Waals surface area contributed by atoms with Gasteiger partial charge in [0.15, 0.2) is 0 Å². The Morgan fingerprint density at radius 1 is 1.48 bits per heavy atom. The van der Waals surface area contributed by atoms with E-state index in [9.17, 15) is 14.9 Å². The monoisotopic (exact) mass is 340 g/mol. The summed E-state index contributed by atoms with van der Waals surface area (Å²) < 4.78 is 1.62. The number of terminal acetylenes is 1. The molecule has 0 saturated carbocycles. The number of aromatic nitrogens is 2. The lowest BCUT2D eigenvalue weighted by Gasteiger charge is -2.27. The number of amides is 1. The number of benzene rings is 1. The SMILES string of the molecule is C#Cc1cccc(N(C(=O)CCn2cc([N+](=O)[O-])nc2C)C(C)C)c1. The Kier molecular flexibility index (Phi) is 5.55. The molecule has 0 N–H and O–H groups in total. The van der Waals surface area contributed by atoms with E-state index in [4.69, 9.17) is 6.42 Å². The van der Waals surface area contributed by atoms with Crippen LogP contribution < -0.4 is 4.90 Å². The Labute approximate surface area is 146 Å². The average molecular weight is 340 g/mol. The maximum atomic E-state index is 12.7. The molecule has 1 aromatic heterocycles. The van der Waals surface area contributed by atoms with Crippen LogP contribution in [0.5, 0.6) is 0 Å². The average Bonchev–Trinajstić information content (AvgIpc) is 2.94. The number of aryl methyl sites for hydroxylation is 2. The second kappa shape index (κ2) is 7.62. The zero-order valence-electron chi connectivity index (χ0n) is 14.5. The van der Waals surface area contributed by atoms with Crippen molar-refractivity contribution in [2.75, 3.05) is 4.90 Å². The summed E-state index contributed by atoms with van der Waals surface area (Å²) in [6, 6.07) is 7.22. The van der Waals surface area contributed by atoms with Gasteiger partial charge in [-0.15, -0.1) is 6.42 Å². The second-order valence-corrected chi connectivity index (χ2v) is 5.90. The number of hydrogen-bond acceptors (Lipinski definition) is 4. The van der Waals surface area contributed by atoms with E-state index in [0.29, 0.717) is 17.9 Å². The van der Waals surface area contributed by atoms with Crippen LogP contribution in [-0.4, -0.2) is 26.4 Å². The van der Waals surface area contributed by atoms with E-state index < -0.39 is 4.92 Å². The molecule has 0 unspecified atom stereocenters. The maximum Gasteiger partial charge on any atom is 0.381 e. The number of nitro groups is 1. The van der Waals surface area contributed by atoms with Crippen LogP contribution in [0.15, 0.2) is 30.5 Å². The summed E-state index contributed by atoms with van der Waals surface area (Å²) in [5.74, 6) is 2.77. The molecule has 130 valence electrons. The van der Waals surface area contributed by atoms with E-state index in [-0.39, 0.29) is 24.2 Å². The van der Waals surface area contributed by atoms with E-state index in [0.717, 1.165) is 5.69 Å². The Balaban J connectivity index is 2.16. The summed E-state index contributed by atoms with van der Waals surface area (Å²) in [7, 11) is 0. The summed E-state index contributed by atoms with van der Waals surface area (Å²) in [5, 5.41) is 10.8. The quantitative estimate of drug-likeness (QED) is 0.460. The summed E-state index contributed by atoms with van der Waals surface area (Å²) in [5.41, 5.74) is 1.45. The Bertz CT molecular complexity index is 833. The molecule has 2 rings (SSSR count). The molecule has 0 bridgehead atoms. The molecule has 0 aliphatic heterocycles. The fourth-order valence-corrected chi connectivity index (χ4v) is 2.62. The van der Waals surface area contributed by atoms with Gasteiger partial charge in [-0.2, -0.15) is 0 Å². The lowest BCUT2D eigenvalue weighted by molar-refractivity contribution is -0.389. The van der Waals surface area contributed by atoms with Gasteiger partial charge in [0.05, 0.1) is 0 Å². The Morgan fingerprint density at radius 3 is 2.76 bits per heavy atom. The lowest BCUT2D eigenvalue weighted by atomic mass is 10.1. The van der Waals surface area contributed by atoms with Gasteiger partial charge in [0.25, 0.3) is 0 Å². The van der Waals surface area contributed by atoms with E-state index in [1.807, 2.05) is 26.0 Å². The Morgan fingerprint density at radius 2 is 2.20 bits per heavy atom. The van der Waals surface area contributed by atoms with Gasteiger partial charge < -0.3 is 19.6 Å². The molecular formula is C18H20N4O3. The van der Waals surface area contributed by atoms with E-state index in [1.54, 1.807) is 28.5 Å². The van der Waals surface area contributed by atoms with E-state index in [1.165, 1.54) is 6.20 Å². The van der Waals surface area contributed by atoms with Gasteiger partial charge in [-0.05, 0) is 42.0 Å². The molecule has 0 spiro atoms. The molecule has 7 nitrogen and oxygen atoms in total. The molecular weight excluding hydrogens is 320 g/mol. The van der Waals surface area contributed by atoms with Crippen LogP contribution in [0.25, 0.3) is 0 Å². The first kappa shape index (κ1) is 18.2. The zero-order valence-corrected chi connectivity index (χ0v) is 14.5.